The molecule has 1 aromatic carbocycles. The molecule has 8 nitrogen and oxygen atoms in total. The van der Waals surface area contributed by atoms with Crippen molar-refractivity contribution in [2.75, 3.05) is 10.6 Å². The Morgan fingerprint density at radius 3 is 2.56 bits per heavy atom. The molecule has 2 amide bonds. The van der Waals surface area contributed by atoms with Crippen molar-refractivity contribution in [3.63, 3.8) is 0 Å². The van der Waals surface area contributed by atoms with E-state index in [4.69, 9.17) is 11.6 Å². The van der Waals surface area contributed by atoms with Crippen LogP contribution in [0.5, 0.6) is 0 Å². The zero-order chi connectivity index (χ0) is 22.7. The average molecular weight is 491 g/mol. The molecular formula is C21H19ClN4O4S2. The van der Waals surface area contributed by atoms with Crippen LogP contribution in [0.15, 0.2) is 58.0 Å². The lowest BCUT2D eigenvalue weighted by atomic mass is 9.95. The van der Waals surface area contributed by atoms with Crippen molar-refractivity contribution in [2.24, 2.45) is 5.92 Å². The maximum atomic E-state index is 12.9. The summed E-state index contributed by atoms with van der Waals surface area (Å²) < 4.78 is 25.2. The molecule has 2 aromatic heterocycles. The molecule has 166 valence electrons. The van der Waals surface area contributed by atoms with Crippen LogP contribution in [0.25, 0.3) is 0 Å². The smallest absolute Gasteiger partial charge is 0.307 e. The Balaban J connectivity index is 1.49. The lowest BCUT2D eigenvalue weighted by Gasteiger charge is -2.14. The highest BCUT2D eigenvalue weighted by atomic mass is 35.5. The maximum Gasteiger partial charge on any atom is 0.325 e. The molecule has 4 rings (SSSR count). The van der Waals surface area contributed by atoms with Crippen molar-refractivity contribution in [1.29, 1.82) is 0 Å². The van der Waals surface area contributed by atoms with Gasteiger partial charge in [-0.15, -0.1) is 0 Å². The minimum atomic E-state index is -3.83. The number of halogens is 1. The maximum absolute atomic E-state index is 12.9. The molecule has 0 unspecified atom stereocenters. The van der Waals surface area contributed by atoms with E-state index in [-0.39, 0.29) is 26.1 Å². The van der Waals surface area contributed by atoms with Gasteiger partial charge < -0.3 is 5.32 Å². The number of carbonyl (C=O) groups is 2. The van der Waals surface area contributed by atoms with Gasteiger partial charge in [0.15, 0.2) is 15.9 Å². The third kappa shape index (κ3) is 4.82. The van der Waals surface area contributed by atoms with Crippen LogP contribution in [-0.2, 0) is 9.84 Å². The molecule has 32 heavy (non-hydrogen) atoms. The zero-order valence-corrected chi connectivity index (χ0v) is 19.1. The molecule has 0 atom stereocenters. The number of carbonyl (C=O) groups excluding carboxylic acids is 2. The highest BCUT2D eigenvalue weighted by Crippen LogP contribution is 2.32. The van der Waals surface area contributed by atoms with Crippen LogP contribution in [0.2, 0.25) is 5.02 Å². The highest BCUT2D eigenvalue weighted by Gasteiger charge is 2.27. The van der Waals surface area contributed by atoms with Crippen LogP contribution >= 0.6 is 22.9 Å². The summed E-state index contributed by atoms with van der Waals surface area (Å²) in [4.78, 5) is 33.3. The second kappa shape index (κ2) is 9.35. The monoisotopic (exact) mass is 490 g/mol. The Bertz CT molecular complexity index is 1260. The Morgan fingerprint density at radius 1 is 1.06 bits per heavy atom. The summed E-state index contributed by atoms with van der Waals surface area (Å²) in [5.41, 5.74) is 0.693. The van der Waals surface area contributed by atoms with E-state index in [2.05, 4.69) is 20.6 Å². The van der Waals surface area contributed by atoms with Crippen LogP contribution < -0.4 is 10.6 Å². The van der Waals surface area contributed by atoms with Gasteiger partial charge in [0.25, 0.3) is 0 Å². The summed E-state index contributed by atoms with van der Waals surface area (Å²) in [5.74, 6) is -0.117. The number of hydrogen-bond donors (Lipinski definition) is 2. The number of urea groups is 1. The van der Waals surface area contributed by atoms with Gasteiger partial charge in [0.05, 0.1) is 11.9 Å². The third-order valence-electron chi connectivity index (χ3n) is 5.10. The molecule has 0 bridgehead atoms. The molecule has 1 aliphatic carbocycles. The van der Waals surface area contributed by atoms with Gasteiger partial charge in [-0.1, -0.05) is 41.8 Å². The molecule has 0 saturated heterocycles. The number of pyridine rings is 1. The minimum absolute atomic E-state index is 0.0433. The van der Waals surface area contributed by atoms with Crippen molar-refractivity contribution >= 4 is 55.4 Å². The summed E-state index contributed by atoms with van der Waals surface area (Å²) in [6.45, 7) is 0. The Morgan fingerprint density at radius 2 is 1.84 bits per heavy atom. The Kier molecular flexibility index (Phi) is 6.54. The minimum Gasteiger partial charge on any atom is -0.307 e. The van der Waals surface area contributed by atoms with Gasteiger partial charge in [0.2, 0.25) is 9.84 Å². The number of rotatable bonds is 6. The van der Waals surface area contributed by atoms with Crippen LogP contribution in [-0.4, -0.2) is 30.2 Å². The average Bonchev–Trinajstić information content (AvgIpc) is 3.48. The number of benzene rings is 1. The Labute approximate surface area is 194 Å². The Hall–Kier alpha value is -2.82. The fourth-order valence-corrected chi connectivity index (χ4v) is 6.04. The van der Waals surface area contributed by atoms with Gasteiger partial charge >= 0.3 is 6.03 Å². The van der Waals surface area contributed by atoms with E-state index in [1.54, 1.807) is 30.3 Å². The van der Waals surface area contributed by atoms with Gasteiger partial charge in [0.1, 0.15) is 4.21 Å². The van der Waals surface area contributed by atoms with E-state index in [1.165, 1.54) is 18.5 Å². The number of thiazole rings is 1. The van der Waals surface area contributed by atoms with Crippen LogP contribution in [0.4, 0.5) is 15.6 Å². The number of amides is 2. The molecular weight excluding hydrogens is 472 g/mol. The quantitative estimate of drug-likeness (QED) is 0.467. The number of ketones is 1. The second-order valence-corrected chi connectivity index (χ2v) is 10.9. The number of Topliss-reactive ketones (excluding diaryl/α,β-unsaturated/α-hetero) is 1. The summed E-state index contributed by atoms with van der Waals surface area (Å²) in [7, 11) is -3.83. The zero-order valence-electron chi connectivity index (χ0n) is 16.7. The van der Waals surface area contributed by atoms with E-state index in [9.17, 15) is 18.0 Å². The third-order valence-corrected chi connectivity index (χ3v) is 8.38. The SMILES string of the molecule is O=C(Nc1ncc(S(=O)(=O)c2ccccn2)s1)Nc1ccc(Cl)cc1C(=O)C1CCCC1. The van der Waals surface area contributed by atoms with E-state index in [0.717, 1.165) is 37.0 Å². The standard InChI is InChI=1S/C21H19ClN4O4S2/c22-14-8-9-16(15(11-14)19(27)13-5-1-2-6-13)25-20(28)26-21-24-12-18(31-21)32(29,30)17-7-3-4-10-23-17/h3-4,7-13H,1-2,5-6H2,(H2,24,25,26,28). The van der Waals surface area contributed by atoms with E-state index in [1.807, 2.05) is 0 Å². The summed E-state index contributed by atoms with van der Waals surface area (Å²) in [6.07, 6.45) is 6.22. The molecule has 1 fully saturated rings. The number of sulfone groups is 1. The number of anilines is 2. The van der Waals surface area contributed by atoms with Crippen molar-refractivity contribution in [3.05, 3.63) is 59.4 Å². The van der Waals surface area contributed by atoms with Gasteiger partial charge in [-0.25, -0.2) is 23.2 Å². The molecule has 0 radical (unpaired) electrons. The van der Waals surface area contributed by atoms with E-state index in [0.29, 0.717) is 16.3 Å². The normalized spacial score (nSPS) is 14.3. The van der Waals surface area contributed by atoms with Gasteiger partial charge in [-0.2, -0.15) is 0 Å². The van der Waals surface area contributed by atoms with Gasteiger partial charge in [-0.05, 0) is 43.2 Å². The fraction of sp³-hybridized carbons (Fsp3) is 0.238. The van der Waals surface area contributed by atoms with Crippen LogP contribution in [0.1, 0.15) is 36.0 Å². The molecule has 1 saturated carbocycles. The van der Waals surface area contributed by atoms with Crippen molar-refractivity contribution in [2.45, 2.75) is 34.9 Å². The van der Waals surface area contributed by atoms with Crippen LogP contribution in [0, 0.1) is 5.92 Å². The first-order valence-electron chi connectivity index (χ1n) is 9.88. The van der Waals surface area contributed by atoms with Gasteiger partial charge in [-0.3, -0.25) is 10.1 Å². The summed E-state index contributed by atoms with van der Waals surface area (Å²) in [6, 6.07) is 8.64. The fourth-order valence-electron chi connectivity index (χ4n) is 3.54. The predicted molar refractivity (Wildman–Crippen MR) is 122 cm³/mol. The van der Waals surface area contributed by atoms with Crippen LogP contribution in [0.3, 0.4) is 0 Å². The first-order valence-corrected chi connectivity index (χ1v) is 12.6. The molecule has 0 aliphatic heterocycles. The predicted octanol–water partition coefficient (Wildman–Crippen LogP) is 5.04. The first kappa shape index (κ1) is 22.4. The molecule has 2 heterocycles. The number of nitrogens with one attached hydrogen (secondary N) is 2. The number of aromatic nitrogens is 2. The summed E-state index contributed by atoms with van der Waals surface area (Å²) in [5, 5.41) is 5.55. The van der Waals surface area contributed by atoms with Gasteiger partial charge in [0, 0.05) is 22.7 Å². The summed E-state index contributed by atoms with van der Waals surface area (Å²) >= 11 is 6.89. The molecule has 0 spiro atoms. The molecule has 3 aromatic rings. The lowest BCUT2D eigenvalue weighted by molar-refractivity contribution is 0.0923. The molecule has 1 aliphatic rings. The van der Waals surface area contributed by atoms with Crippen molar-refractivity contribution < 1.29 is 18.0 Å². The lowest BCUT2D eigenvalue weighted by Crippen LogP contribution is -2.22. The second-order valence-electron chi connectivity index (χ2n) is 7.27. The first-order chi connectivity index (χ1) is 15.3. The topological polar surface area (TPSA) is 118 Å². The van der Waals surface area contributed by atoms with E-state index >= 15 is 0 Å². The van der Waals surface area contributed by atoms with E-state index < -0.39 is 15.9 Å². The van der Waals surface area contributed by atoms with Crippen molar-refractivity contribution in [1.82, 2.24) is 9.97 Å². The highest BCUT2D eigenvalue weighted by molar-refractivity contribution is 7.93. The number of nitrogens with zero attached hydrogens (tertiary/aromatic N) is 2. The van der Waals surface area contributed by atoms with Crippen molar-refractivity contribution in [3.8, 4) is 0 Å². The molecule has 11 heteroatoms. The molecule has 2 N–H and O–H groups in total. The number of hydrogen-bond acceptors (Lipinski definition) is 7. The largest absolute Gasteiger partial charge is 0.325 e.